The van der Waals surface area contributed by atoms with Crippen molar-refractivity contribution in [3.8, 4) is 10.7 Å². The number of hydrogen-bond acceptors (Lipinski definition) is 5. The Kier molecular flexibility index (Phi) is 6.33. The van der Waals surface area contributed by atoms with Crippen LogP contribution in [0.25, 0.3) is 10.7 Å². The molecule has 0 saturated heterocycles. The van der Waals surface area contributed by atoms with E-state index < -0.39 is 0 Å². The number of rotatable bonds is 8. The average molecular weight is 471 g/mol. The molecule has 2 aliphatic rings. The van der Waals surface area contributed by atoms with Gasteiger partial charge >= 0.3 is 0 Å². The quantitative estimate of drug-likeness (QED) is 0.439. The molecular formula is C24H27FN4OS2. The first-order valence-electron chi connectivity index (χ1n) is 11.2. The predicted octanol–water partition coefficient (Wildman–Crippen LogP) is 5.55. The molecule has 2 aliphatic carbocycles. The molecule has 2 aromatic heterocycles. The Balaban J connectivity index is 1.30. The first-order chi connectivity index (χ1) is 15.6. The van der Waals surface area contributed by atoms with E-state index in [1.165, 1.54) is 43.5 Å². The van der Waals surface area contributed by atoms with Gasteiger partial charge in [-0.2, -0.15) is 0 Å². The van der Waals surface area contributed by atoms with Crippen LogP contribution in [0.15, 0.2) is 46.9 Å². The number of hydrogen-bond donors (Lipinski definition) is 1. The number of thiophene rings is 1. The number of carbonyl (C=O) groups excluding carboxylic acids is 1. The van der Waals surface area contributed by atoms with Gasteiger partial charge in [0.05, 0.1) is 10.6 Å². The third-order valence-corrected chi connectivity index (χ3v) is 8.80. The van der Waals surface area contributed by atoms with Gasteiger partial charge in [0.1, 0.15) is 5.82 Å². The molecule has 1 amide bonds. The molecule has 2 saturated carbocycles. The molecule has 0 aliphatic heterocycles. The maximum Gasteiger partial charge on any atom is 0.230 e. The number of carbonyl (C=O) groups is 1. The Labute approximate surface area is 195 Å². The zero-order chi connectivity index (χ0) is 22.1. The maximum absolute atomic E-state index is 13.8. The highest BCUT2D eigenvalue weighted by Gasteiger charge is 2.43. The van der Waals surface area contributed by atoms with Crippen LogP contribution in [-0.2, 0) is 11.3 Å². The second-order valence-electron chi connectivity index (χ2n) is 8.89. The molecule has 4 atom stereocenters. The van der Waals surface area contributed by atoms with Crippen molar-refractivity contribution in [2.24, 2.45) is 17.8 Å². The lowest BCUT2D eigenvalue weighted by Gasteiger charge is -2.30. The minimum absolute atomic E-state index is 0.141. The minimum atomic E-state index is -0.305. The van der Waals surface area contributed by atoms with E-state index in [0.29, 0.717) is 17.5 Å². The van der Waals surface area contributed by atoms with Crippen molar-refractivity contribution in [3.63, 3.8) is 0 Å². The molecule has 4 unspecified atom stereocenters. The molecule has 32 heavy (non-hydrogen) atoms. The molecule has 8 heteroatoms. The van der Waals surface area contributed by atoms with E-state index in [0.717, 1.165) is 27.7 Å². The van der Waals surface area contributed by atoms with Crippen molar-refractivity contribution in [3.05, 3.63) is 53.2 Å². The van der Waals surface area contributed by atoms with Gasteiger partial charge in [-0.3, -0.25) is 9.36 Å². The van der Waals surface area contributed by atoms with E-state index in [1.807, 2.05) is 6.07 Å². The number of benzene rings is 1. The number of halogens is 1. The van der Waals surface area contributed by atoms with E-state index in [4.69, 9.17) is 0 Å². The third-order valence-electron chi connectivity index (χ3n) is 6.99. The van der Waals surface area contributed by atoms with Crippen molar-refractivity contribution in [2.45, 2.75) is 50.4 Å². The smallest absolute Gasteiger partial charge is 0.230 e. The van der Waals surface area contributed by atoms with E-state index in [2.05, 4.69) is 38.5 Å². The first-order valence-corrected chi connectivity index (χ1v) is 13.1. The molecule has 2 fully saturated rings. The fourth-order valence-corrected chi connectivity index (χ4v) is 6.97. The van der Waals surface area contributed by atoms with Crippen LogP contribution in [-0.4, -0.2) is 26.4 Å². The van der Waals surface area contributed by atoms with Crippen LogP contribution < -0.4 is 5.32 Å². The average Bonchev–Trinajstić information content (AvgIpc) is 3.60. The van der Waals surface area contributed by atoms with Gasteiger partial charge in [0, 0.05) is 18.2 Å². The Morgan fingerprint density at radius 3 is 2.84 bits per heavy atom. The van der Waals surface area contributed by atoms with Crippen LogP contribution >= 0.6 is 23.1 Å². The van der Waals surface area contributed by atoms with Crippen LogP contribution in [0.1, 0.15) is 44.2 Å². The number of nitrogens with one attached hydrogen (secondary N) is 1. The normalized spacial score (nSPS) is 22.9. The second kappa shape index (κ2) is 9.35. The first kappa shape index (κ1) is 21.6. The van der Waals surface area contributed by atoms with E-state index in [-0.39, 0.29) is 24.0 Å². The minimum Gasteiger partial charge on any atom is -0.351 e. The van der Waals surface area contributed by atoms with E-state index >= 15 is 0 Å². The van der Waals surface area contributed by atoms with Gasteiger partial charge in [0.25, 0.3) is 0 Å². The number of fused-ring (bicyclic) bond motifs is 2. The number of nitrogens with zero attached hydrogens (tertiary/aromatic N) is 3. The van der Waals surface area contributed by atoms with Crippen LogP contribution in [0.3, 0.4) is 0 Å². The molecule has 2 bridgehead atoms. The van der Waals surface area contributed by atoms with E-state index in [9.17, 15) is 9.18 Å². The lowest BCUT2D eigenvalue weighted by molar-refractivity contribution is -0.118. The third kappa shape index (κ3) is 4.35. The Hall–Kier alpha value is -2.19. The second-order valence-corrected chi connectivity index (χ2v) is 10.8. The van der Waals surface area contributed by atoms with Crippen molar-refractivity contribution in [1.82, 2.24) is 20.1 Å². The maximum atomic E-state index is 13.8. The van der Waals surface area contributed by atoms with E-state index in [1.54, 1.807) is 29.5 Å². The summed E-state index contributed by atoms with van der Waals surface area (Å²) in [6, 6.07) is 10.9. The highest BCUT2D eigenvalue weighted by Crippen LogP contribution is 2.53. The molecule has 168 valence electrons. The lowest BCUT2D eigenvalue weighted by Crippen LogP contribution is -2.26. The zero-order valence-corrected chi connectivity index (χ0v) is 19.7. The Bertz CT molecular complexity index is 1080. The summed E-state index contributed by atoms with van der Waals surface area (Å²) in [5, 5.41) is 14.6. The van der Waals surface area contributed by atoms with Crippen molar-refractivity contribution >= 4 is 29.0 Å². The molecule has 5 nitrogen and oxygen atoms in total. The Morgan fingerprint density at radius 2 is 2.12 bits per heavy atom. The molecule has 0 radical (unpaired) electrons. The summed E-state index contributed by atoms with van der Waals surface area (Å²) in [6.45, 7) is 2.47. The standard InChI is InChI=1S/C24H27FN4OS2/c1-15(19-12-16-8-9-17(19)11-16)29-23(21-7-4-10-31-21)27-28-24(29)32-14-22(30)26-13-18-5-2-3-6-20(18)25/h2-7,10,15-17,19H,8-9,11-14H2,1H3,(H,26,30). The van der Waals surface area contributed by atoms with Crippen molar-refractivity contribution in [1.29, 1.82) is 0 Å². The molecule has 3 aromatic rings. The Morgan fingerprint density at radius 1 is 1.25 bits per heavy atom. The molecule has 0 spiro atoms. The summed E-state index contributed by atoms with van der Waals surface area (Å²) in [6.07, 6.45) is 5.34. The largest absolute Gasteiger partial charge is 0.351 e. The summed E-state index contributed by atoms with van der Waals surface area (Å²) < 4.78 is 16.1. The van der Waals surface area contributed by atoms with Crippen molar-refractivity contribution < 1.29 is 9.18 Å². The van der Waals surface area contributed by atoms with Crippen LogP contribution in [0.5, 0.6) is 0 Å². The van der Waals surface area contributed by atoms with Gasteiger partial charge in [-0.25, -0.2) is 4.39 Å². The number of amides is 1. The lowest BCUT2D eigenvalue weighted by atomic mass is 9.84. The molecule has 1 N–H and O–H groups in total. The summed E-state index contributed by atoms with van der Waals surface area (Å²) in [4.78, 5) is 13.6. The monoisotopic (exact) mass is 470 g/mol. The van der Waals surface area contributed by atoms with Gasteiger partial charge in [-0.05, 0) is 61.5 Å². The summed E-state index contributed by atoms with van der Waals surface area (Å²) in [5.74, 6) is 2.96. The van der Waals surface area contributed by atoms with Crippen molar-refractivity contribution in [2.75, 3.05) is 5.75 Å². The van der Waals surface area contributed by atoms with Gasteiger partial charge in [-0.1, -0.05) is 42.4 Å². The zero-order valence-electron chi connectivity index (χ0n) is 18.0. The summed E-state index contributed by atoms with van der Waals surface area (Å²) >= 11 is 3.07. The topological polar surface area (TPSA) is 59.8 Å². The van der Waals surface area contributed by atoms with Gasteiger partial charge in [-0.15, -0.1) is 21.5 Å². The van der Waals surface area contributed by atoms with Crippen LogP contribution in [0, 0.1) is 23.6 Å². The molecule has 5 rings (SSSR count). The molecule has 1 aromatic carbocycles. The van der Waals surface area contributed by atoms with Crippen LogP contribution in [0.4, 0.5) is 4.39 Å². The summed E-state index contributed by atoms with van der Waals surface area (Å²) in [5.41, 5.74) is 0.485. The van der Waals surface area contributed by atoms with Gasteiger partial charge in [0.15, 0.2) is 11.0 Å². The molecular weight excluding hydrogens is 443 g/mol. The van der Waals surface area contributed by atoms with Crippen LogP contribution in [0.2, 0.25) is 0 Å². The summed E-state index contributed by atoms with van der Waals surface area (Å²) in [7, 11) is 0. The number of aromatic nitrogens is 3. The number of thioether (sulfide) groups is 1. The fraction of sp³-hybridized carbons (Fsp3) is 0.458. The van der Waals surface area contributed by atoms with Gasteiger partial charge < -0.3 is 5.32 Å². The fourth-order valence-electron chi connectivity index (χ4n) is 5.41. The molecule has 2 heterocycles. The highest BCUT2D eigenvalue weighted by molar-refractivity contribution is 7.99. The highest BCUT2D eigenvalue weighted by atomic mass is 32.2. The SMILES string of the molecule is CC(C1CC2CCC1C2)n1c(SCC(=O)NCc2ccccc2F)nnc1-c1cccs1. The predicted molar refractivity (Wildman–Crippen MR) is 126 cm³/mol. The van der Waals surface area contributed by atoms with Gasteiger partial charge in [0.2, 0.25) is 5.91 Å².